The van der Waals surface area contributed by atoms with Gasteiger partial charge in [-0.3, -0.25) is 19.4 Å². The molecular weight excluding hydrogens is 324 g/mol. The van der Waals surface area contributed by atoms with E-state index in [0.717, 1.165) is 19.4 Å². The summed E-state index contributed by atoms with van der Waals surface area (Å²) >= 11 is 0. The summed E-state index contributed by atoms with van der Waals surface area (Å²) in [6.07, 6.45) is 1.82. The Morgan fingerprint density at radius 2 is 1.50 bits per heavy atom. The predicted octanol–water partition coefficient (Wildman–Crippen LogP) is 2.73. The molecule has 0 aromatic heterocycles. The fourth-order valence-corrected chi connectivity index (χ4v) is 4.47. The van der Waals surface area contributed by atoms with Crippen molar-refractivity contribution in [2.75, 3.05) is 13.6 Å². The SMILES string of the molecule is CN1C(=O)[C@H]2[C@@H](CCc3ccccc3)N(Cc3ccccc3)C[C@H]2C1=O. The fourth-order valence-electron chi connectivity index (χ4n) is 4.47. The number of likely N-dealkylation sites (tertiary alicyclic amines) is 2. The van der Waals surface area contributed by atoms with Gasteiger partial charge in [0.2, 0.25) is 11.8 Å². The van der Waals surface area contributed by atoms with Gasteiger partial charge in [-0.15, -0.1) is 0 Å². The Hall–Kier alpha value is -2.46. The third-order valence-electron chi connectivity index (χ3n) is 5.81. The topological polar surface area (TPSA) is 40.6 Å². The quantitative estimate of drug-likeness (QED) is 0.780. The molecule has 2 aromatic carbocycles. The lowest BCUT2D eigenvalue weighted by Gasteiger charge is -2.28. The number of rotatable bonds is 5. The van der Waals surface area contributed by atoms with Crippen LogP contribution in [-0.4, -0.2) is 41.2 Å². The van der Waals surface area contributed by atoms with Gasteiger partial charge in [-0.25, -0.2) is 0 Å². The number of carbonyl (C=O) groups excluding carboxylic acids is 2. The number of amides is 2. The third kappa shape index (κ3) is 3.06. The number of benzene rings is 2. The highest BCUT2D eigenvalue weighted by Crippen LogP contribution is 2.40. The van der Waals surface area contributed by atoms with Gasteiger partial charge in [0.25, 0.3) is 0 Å². The van der Waals surface area contributed by atoms with Crippen LogP contribution in [0.25, 0.3) is 0 Å². The molecule has 3 atom stereocenters. The van der Waals surface area contributed by atoms with Crippen LogP contribution in [0.15, 0.2) is 60.7 Å². The van der Waals surface area contributed by atoms with E-state index in [1.165, 1.54) is 16.0 Å². The van der Waals surface area contributed by atoms with Crippen molar-refractivity contribution in [3.8, 4) is 0 Å². The normalized spacial score (nSPS) is 25.7. The van der Waals surface area contributed by atoms with Crippen LogP contribution in [0.5, 0.6) is 0 Å². The number of carbonyl (C=O) groups is 2. The second kappa shape index (κ2) is 7.04. The second-order valence-electron chi connectivity index (χ2n) is 7.37. The summed E-state index contributed by atoms with van der Waals surface area (Å²) in [7, 11) is 1.62. The van der Waals surface area contributed by atoms with Crippen molar-refractivity contribution in [3.63, 3.8) is 0 Å². The molecule has 2 saturated heterocycles. The van der Waals surface area contributed by atoms with Crippen LogP contribution in [0.2, 0.25) is 0 Å². The third-order valence-corrected chi connectivity index (χ3v) is 5.81. The first-order valence-corrected chi connectivity index (χ1v) is 9.28. The lowest BCUT2D eigenvalue weighted by Crippen LogP contribution is -2.39. The van der Waals surface area contributed by atoms with Crippen molar-refractivity contribution in [1.29, 1.82) is 0 Å². The molecule has 2 fully saturated rings. The van der Waals surface area contributed by atoms with Crippen LogP contribution in [-0.2, 0) is 22.6 Å². The van der Waals surface area contributed by atoms with Crippen LogP contribution in [0.4, 0.5) is 0 Å². The Bertz CT molecular complexity index is 790. The van der Waals surface area contributed by atoms with Crippen LogP contribution in [0.3, 0.4) is 0 Å². The van der Waals surface area contributed by atoms with Crippen molar-refractivity contribution < 1.29 is 9.59 Å². The van der Waals surface area contributed by atoms with Crippen LogP contribution >= 0.6 is 0 Å². The molecule has 0 bridgehead atoms. The van der Waals surface area contributed by atoms with E-state index in [9.17, 15) is 9.59 Å². The van der Waals surface area contributed by atoms with E-state index in [4.69, 9.17) is 0 Å². The zero-order valence-electron chi connectivity index (χ0n) is 15.0. The van der Waals surface area contributed by atoms with E-state index in [2.05, 4.69) is 29.2 Å². The number of hydrogen-bond acceptors (Lipinski definition) is 3. The first-order valence-electron chi connectivity index (χ1n) is 9.28. The van der Waals surface area contributed by atoms with Crippen LogP contribution in [0, 0.1) is 11.8 Å². The van der Waals surface area contributed by atoms with Crippen molar-refractivity contribution >= 4 is 11.8 Å². The van der Waals surface area contributed by atoms with Gasteiger partial charge in [0.05, 0.1) is 11.8 Å². The highest BCUT2D eigenvalue weighted by molar-refractivity contribution is 6.05. The Labute approximate surface area is 154 Å². The van der Waals surface area contributed by atoms with Gasteiger partial charge in [0.1, 0.15) is 0 Å². The summed E-state index contributed by atoms with van der Waals surface area (Å²) in [5.41, 5.74) is 2.51. The zero-order valence-corrected chi connectivity index (χ0v) is 15.0. The molecule has 2 aliphatic rings. The molecule has 0 radical (unpaired) electrons. The van der Waals surface area contributed by atoms with Gasteiger partial charge < -0.3 is 0 Å². The standard InChI is InChI=1S/C22H24N2O2/c1-23-21(25)18-15-24(14-17-10-6-3-7-11-17)19(20(18)22(23)26)13-12-16-8-4-2-5-9-16/h2-11,18-20H,12-15H2,1H3/t18-,19-,20-/m1/s1. The van der Waals surface area contributed by atoms with Gasteiger partial charge in [-0.2, -0.15) is 0 Å². The molecule has 0 spiro atoms. The van der Waals surface area contributed by atoms with Crippen molar-refractivity contribution in [3.05, 3.63) is 71.8 Å². The maximum absolute atomic E-state index is 12.7. The highest BCUT2D eigenvalue weighted by atomic mass is 16.2. The van der Waals surface area contributed by atoms with E-state index >= 15 is 0 Å². The summed E-state index contributed by atoms with van der Waals surface area (Å²) in [6.45, 7) is 1.46. The summed E-state index contributed by atoms with van der Waals surface area (Å²) < 4.78 is 0. The van der Waals surface area contributed by atoms with Crippen molar-refractivity contribution in [1.82, 2.24) is 9.80 Å². The number of aryl methyl sites for hydroxylation is 1. The van der Waals surface area contributed by atoms with Crippen molar-refractivity contribution in [2.45, 2.75) is 25.4 Å². The van der Waals surface area contributed by atoms with E-state index in [-0.39, 0.29) is 29.7 Å². The van der Waals surface area contributed by atoms with E-state index in [0.29, 0.717) is 6.54 Å². The Kier molecular flexibility index (Phi) is 4.60. The first kappa shape index (κ1) is 17.0. The predicted molar refractivity (Wildman–Crippen MR) is 100 cm³/mol. The molecular formula is C22H24N2O2. The van der Waals surface area contributed by atoms with E-state index in [1.54, 1.807) is 7.05 Å². The smallest absolute Gasteiger partial charge is 0.234 e. The fraction of sp³-hybridized carbons (Fsp3) is 0.364. The second-order valence-corrected chi connectivity index (χ2v) is 7.37. The molecule has 0 saturated carbocycles. The minimum absolute atomic E-state index is 0.00590. The summed E-state index contributed by atoms with van der Waals surface area (Å²) in [5.74, 6) is -0.397. The summed E-state index contributed by atoms with van der Waals surface area (Å²) in [5, 5.41) is 0. The first-order chi connectivity index (χ1) is 12.6. The molecule has 26 heavy (non-hydrogen) atoms. The minimum Gasteiger partial charge on any atom is -0.294 e. The molecule has 4 nitrogen and oxygen atoms in total. The Balaban J connectivity index is 1.56. The van der Waals surface area contributed by atoms with Gasteiger partial charge in [-0.1, -0.05) is 60.7 Å². The Morgan fingerprint density at radius 1 is 0.885 bits per heavy atom. The molecule has 4 rings (SSSR count). The maximum Gasteiger partial charge on any atom is 0.234 e. The zero-order chi connectivity index (χ0) is 18.1. The number of nitrogens with zero attached hydrogens (tertiary/aromatic N) is 2. The van der Waals surface area contributed by atoms with E-state index < -0.39 is 0 Å². The molecule has 0 N–H and O–H groups in total. The molecule has 2 aromatic rings. The van der Waals surface area contributed by atoms with Gasteiger partial charge in [-0.05, 0) is 24.0 Å². The Morgan fingerprint density at radius 3 is 2.15 bits per heavy atom. The molecule has 2 amide bonds. The van der Waals surface area contributed by atoms with Crippen molar-refractivity contribution in [2.24, 2.45) is 11.8 Å². The van der Waals surface area contributed by atoms with Crippen LogP contribution in [0.1, 0.15) is 17.5 Å². The number of fused-ring (bicyclic) bond motifs is 1. The van der Waals surface area contributed by atoms with Gasteiger partial charge in [0.15, 0.2) is 0 Å². The molecule has 0 aliphatic carbocycles. The molecule has 134 valence electrons. The van der Waals surface area contributed by atoms with Crippen LogP contribution < -0.4 is 0 Å². The maximum atomic E-state index is 12.7. The molecule has 0 unspecified atom stereocenters. The highest BCUT2D eigenvalue weighted by Gasteiger charge is 2.55. The van der Waals surface area contributed by atoms with E-state index in [1.807, 2.05) is 36.4 Å². The largest absolute Gasteiger partial charge is 0.294 e. The number of imide groups is 1. The summed E-state index contributed by atoms with van der Waals surface area (Å²) in [4.78, 5) is 28.9. The lowest BCUT2D eigenvalue weighted by molar-refractivity contribution is -0.139. The van der Waals surface area contributed by atoms with Gasteiger partial charge >= 0.3 is 0 Å². The molecule has 2 aliphatic heterocycles. The summed E-state index contributed by atoms with van der Waals surface area (Å²) in [6, 6.07) is 20.8. The lowest BCUT2D eigenvalue weighted by atomic mass is 9.89. The average Bonchev–Trinajstić information content (AvgIpc) is 3.13. The molecule has 4 heteroatoms. The monoisotopic (exact) mass is 348 g/mol. The average molecular weight is 348 g/mol. The van der Waals surface area contributed by atoms with Gasteiger partial charge in [0, 0.05) is 26.2 Å². The molecule has 2 heterocycles. The number of hydrogen-bond donors (Lipinski definition) is 0. The minimum atomic E-state index is -0.195.